The van der Waals surface area contributed by atoms with Gasteiger partial charge in [-0.25, -0.2) is 0 Å². The lowest BCUT2D eigenvalue weighted by Gasteiger charge is -2.71. The van der Waals surface area contributed by atoms with Crippen LogP contribution in [0.2, 0.25) is 0 Å². The van der Waals surface area contributed by atoms with Gasteiger partial charge in [0.2, 0.25) is 0 Å². The van der Waals surface area contributed by atoms with Crippen molar-refractivity contribution in [2.45, 2.75) is 154 Å². The summed E-state index contributed by atoms with van der Waals surface area (Å²) in [5, 5.41) is 62.7. The van der Waals surface area contributed by atoms with E-state index in [2.05, 4.69) is 47.3 Å². The van der Waals surface area contributed by atoms with Gasteiger partial charge in [-0.1, -0.05) is 58.4 Å². The molecule has 16 atom stereocenters. The number of aliphatic carboxylic acids is 1. The predicted octanol–water partition coefficient (Wildman–Crippen LogP) is 3.69. The van der Waals surface area contributed by atoms with E-state index in [1.54, 1.807) is 0 Å². The zero-order valence-electron chi connectivity index (χ0n) is 30.4. The molecule has 11 nitrogen and oxygen atoms in total. The van der Waals surface area contributed by atoms with E-state index in [1.165, 1.54) is 11.1 Å². The average molecular weight is 705 g/mol. The maximum atomic E-state index is 12.9. The van der Waals surface area contributed by atoms with Crippen LogP contribution in [-0.2, 0) is 23.7 Å². The van der Waals surface area contributed by atoms with E-state index in [0.29, 0.717) is 24.7 Å². The monoisotopic (exact) mass is 704 g/mol. The van der Waals surface area contributed by atoms with Crippen LogP contribution in [-0.4, -0.2) is 105 Å². The number of hydrogen-bond donors (Lipinski definition) is 6. The molecule has 0 aromatic carbocycles. The molecule has 2 aliphatic heterocycles. The second kappa shape index (κ2) is 12.6. The van der Waals surface area contributed by atoms with Gasteiger partial charge in [0, 0.05) is 5.92 Å². The summed E-state index contributed by atoms with van der Waals surface area (Å²) in [6.07, 6.45) is 0.143. The third-order valence-corrected chi connectivity index (χ3v) is 15.9. The molecule has 7 aliphatic rings. The Kier molecular flexibility index (Phi) is 9.30. The fourth-order valence-corrected chi connectivity index (χ4v) is 12.7. The number of hydrogen-bond acceptors (Lipinski definition) is 10. The molecule has 50 heavy (non-hydrogen) atoms. The van der Waals surface area contributed by atoms with Crippen molar-refractivity contribution in [1.29, 1.82) is 0 Å². The highest BCUT2D eigenvalue weighted by Gasteiger charge is 2.69. The number of rotatable bonds is 5. The number of allylic oxidation sites excluding steroid dienone is 3. The van der Waals surface area contributed by atoms with Crippen LogP contribution < -0.4 is 0 Å². The number of ether oxygens (including phenoxy) is 4. The third kappa shape index (κ3) is 5.27. The molecule has 2 saturated heterocycles. The molecule has 0 amide bonds. The Labute approximate surface area is 296 Å². The van der Waals surface area contributed by atoms with Gasteiger partial charge in [0.1, 0.15) is 36.6 Å². The van der Waals surface area contributed by atoms with E-state index in [-0.39, 0.29) is 46.9 Å². The zero-order chi connectivity index (χ0) is 36.2. The van der Waals surface area contributed by atoms with Gasteiger partial charge < -0.3 is 49.6 Å². The molecule has 0 aromatic heterocycles. The van der Waals surface area contributed by atoms with Crippen LogP contribution in [0.25, 0.3) is 0 Å². The Morgan fingerprint density at radius 3 is 2.20 bits per heavy atom. The minimum atomic E-state index is -1.57. The second-order valence-electron chi connectivity index (χ2n) is 18.4. The second-order valence-corrected chi connectivity index (χ2v) is 18.4. The van der Waals surface area contributed by atoms with E-state index in [1.807, 2.05) is 0 Å². The van der Waals surface area contributed by atoms with Crippen molar-refractivity contribution >= 4 is 5.97 Å². The maximum absolute atomic E-state index is 12.9. The summed E-state index contributed by atoms with van der Waals surface area (Å²) in [5.41, 5.74) is 1.50. The van der Waals surface area contributed by atoms with Crippen LogP contribution in [0.3, 0.4) is 0 Å². The maximum Gasteiger partial charge on any atom is 0.310 e. The van der Waals surface area contributed by atoms with Crippen LogP contribution in [0.5, 0.6) is 0 Å². The Hall–Kier alpha value is -1.41. The lowest BCUT2D eigenvalue weighted by molar-refractivity contribution is -0.357. The van der Waals surface area contributed by atoms with Crippen LogP contribution >= 0.6 is 0 Å². The number of aliphatic hydroxyl groups excluding tert-OH is 5. The molecule has 16 unspecified atom stereocenters. The molecule has 6 fully saturated rings. The van der Waals surface area contributed by atoms with E-state index in [4.69, 9.17) is 18.9 Å². The van der Waals surface area contributed by atoms with E-state index < -0.39 is 60.6 Å². The predicted molar refractivity (Wildman–Crippen MR) is 181 cm³/mol. The molecule has 282 valence electrons. The molecular weight excluding hydrogens is 644 g/mol. The van der Waals surface area contributed by atoms with Gasteiger partial charge in [-0.2, -0.15) is 0 Å². The first kappa shape index (κ1) is 36.9. The zero-order valence-corrected chi connectivity index (χ0v) is 30.4. The fourth-order valence-electron chi connectivity index (χ4n) is 12.7. The first-order valence-electron chi connectivity index (χ1n) is 19.0. The summed E-state index contributed by atoms with van der Waals surface area (Å²) in [6.45, 7) is 15.8. The molecule has 5 aliphatic carbocycles. The summed E-state index contributed by atoms with van der Waals surface area (Å²) in [7, 11) is 0. The smallest absolute Gasteiger partial charge is 0.310 e. The molecule has 4 saturated carbocycles. The van der Waals surface area contributed by atoms with Crippen LogP contribution in [0.1, 0.15) is 98.8 Å². The van der Waals surface area contributed by atoms with Gasteiger partial charge in [-0.05, 0) is 97.7 Å². The van der Waals surface area contributed by atoms with Gasteiger partial charge >= 0.3 is 5.97 Å². The molecule has 2 heterocycles. The highest BCUT2D eigenvalue weighted by molar-refractivity contribution is 5.77. The van der Waals surface area contributed by atoms with E-state index in [9.17, 15) is 35.4 Å². The van der Waals surface area contributed by atoms with Crippen LogP contribution in [0.15, 0.2) is 23.8 Å². The first-order valence-corrected chi connectivity index (χ1v) is 19.0. The molecule has 7 rings (SSSR count). The van der Waals surface area contributed by atoms with Crippen molar-refractivity contribution in [3.05, 3.63) is 23.8 Å². The summed E-state index contributed by atoms with van der Waals surface area (Å²) < 4.78 is 24.1. The SMILES string of the molecule is C=C1CCC2(C(=O)O)CCC3(C)C(=CCC4C5(C)CCC(OC6OCC(O)C(O)C6OC6OCC(O)C(O)C6O)C(C)(C)C5CCC43C)C2C1. The summed E-state index contributed by atoms with van der Waals surface area (Å²) >= 11 is 0. The first-order chi connectivity index (χ1) is 23.4. The van der Waals surface area contributed by atoms with Gasteiger partial charge in [0.05, 0.1) is 24.7 Å². The van der Waals surface area contributed by atoms with Gasteiger partial charge in [-0.3, -0.25) is 4.79 Å². The minimum absolute atomic E-state index is 0.00888. The number of aliphatic hydroxyl groups is 5. The lowest BCUT2D eigenvalue weighted by atomic mass is 9.34. The van der Waals surface area contributed by atoms with Gasteiger partial charge in [0.15, 0.2) is 12.6 Å². The molecule has 0 spiro atoms. The molecule has 11 heteroatoms. The number of carbonyl (C=O) groups is 1. The quantitative estimate of drug-likeness (QED) is 0.182. The molecule has 0 bridgehead atoms. The van der Waals surface area contributed by atoms with Crippen molar-refractivity contribution in [3.63, 3.8) is 0 Å². The van der Waals surface area contributed by atoms with Crippen molar-refractivity contribution in [1.82, 2.24) is 0 Å². The Morgan fingerprint density at radius 1 is 0.820 bits per heavy atom. The van der Waals surface area contributed by atoms with Crippen molar-refractivity contribution in [2.75, 3.05) is 13.2 Å². The topological polar surface area (TPSA) is 175 Å². The summed E-state index contributed by atoms with van der Waals surface area (Å²) in [4.78, 5) is 12.9. The molecule has 6 N–H and O–H groups in total. The minimum Gasteiger partial charge on any atom is -0.481 e. The van der Waals surface area contributed by atoms with Crippen molar-refractivity contribution in [3.8, 4) is 0 Å². The van der Waals surface area contributed by atoms with E-state index >= 15 is 0 Å². The van der Waals surface area contributed by atoms with Gasteiger partial charge in [-0.15, -0.1) is 0 Å². The van der Waals surface area contributed by atoms with Crippen LogP contribution in [0, 0.1) is 44.8 Å². The van der Waals surface area contributed by atoms with E-state index in [0.717, 1.165) is 51.4 Å². The summed E-state index contributed by atoms with van der Waals surface area (Å²) in [5.74, 6) is 0.103. The van der Waals surface area contributed by atoms with Crippen molar-refractivity contribution in [2.24, 2.45) is 44.8 Å². The Morgan fingerprint density at radius 2 is 1.50 bits per heavy atom. The average Bonchev–Trinajstić information content (AvgIpc) is 3.05. The Balaban J connectivity index is 1.13. The number of fused-ring (bicyclic) bond motifs is 7. The number of carboxylic acids is 1. The van der Waals surface area contributed by atoms with Gasteiger partial charge in [0.25, 0.3) is 0 Å². The molecule has 0 radical (unpaired) electrons. The fraction of sp³-hybridized carbons (Fsp3) is 0.872. The number of carboxylic acid groups (broad SMARTS) is 1. The van der Waals surface area contributed by atoms with Crippen molar-refractivity contribution < 1.29 is 54.4 Å². The highest BCUT2D eigenvalue weighted by atomic mass is 16.7. The summed E-state index contributed by atoms with van der Waals surface area (Å²) in [6, 6.07) is 0. The Bertz CT molecular complexity index is 1380. The highest BCUT2D eigenvalue weighted by Crippen LogP contribution is 2.75. The lowest BCUT2D eigenvalue weighted by Crippen LogP contribution is -2.65. The molecular formula is C39H60O11. The molecule has 0 aromatic rings. The third-order valence-electron chi connectivity index (χ3n) is 15.9. The van der Waals surface area contributed by atoms with Crippen LogP contribution in [0.4, 0.5) is 0 Å². The largest absolute Gasteiger partial charge is 0.481 e. The normalized spacial score (nSPS) is 53.2. The standard InChI is InChI=1S/C39H60O11/c1-20-9-14-39(34(45)46)16-15-37(5)21(22(39)17-20)7-8-26-36(4)12-11-27(35(2,3)25(36)10-13-38(26,37)6)49-33-31(29(43)24(41)19-48-33)50-32-30(44)28(42)23(40)18-47-32/h7,22-33,40-44H,1,8-19H2,2-6H3,(H,45,46).